The van der Waals surface area contributed by atoms with Crippen LogP contribution in [-0.2, 0) is 11.3 Å². The minimum Gasteiger partial charge on any atom is -0.458 e. The Morgan fingerprint density at radius 2 is 2.20 bits per heavy atom. The number of hydrogen-bond donors (Lipinski definition) is 0. The lowest BCUT2D eigenvalue weighted by Gasteiger charge is -2.06. The number of aromatic nitrogens is 3. The molecule has 0 spiro atoms. The number of aryl methyl sites for hydroxylation is 2. The molecule has 0 unspecified atom stereocenters. The van der Waals surface area contributed by atoms with E-state index in [2.05, 4.69) is 14.5 Å². The van der Waals surface area contributed by atoms with Gasteiger partial charge in [0.05, 0.1) is 0 Å². The smallest absolute Gasteiger partial charge is 0.178 e. The molecular formula is C15H17N3O2. The van der Waals surface area contributed by atoms with Gasteiger partial charge in [-0.15, -0.1) is 0 Å². The molecule has 0 N–H and O–H groups in total. The second kappa shape index (κ2) is 5.46. The third kappa shape index (κ3) is 2.32. The van der Waals surface area contributed by atoms with Crippen LogP contribution < -0.4 is 0 Å². The molecule has 0 radical (unpaired) electrons. The van der Waals surface area contributed by atoms with Crippen molar-refractivity contribution in [2.75, 3.05) is 13.7 Å². The lowest BCUT2D eigenvalue weighted by Crippen LogP contribution is -2.04. The van der Waals surface area contributed by atoms with Crippen molar-refractivity contribution in [3.63, 3.8) is 0 Å². The number of pyridine rings is 1. The van der Waals surface area contributed by atoms with Crippen LogP contribution in [0.2, 0.25) is 0 Å². The summed E-state index contributed by atoms with van der Waals surface area (Å²) in [6.07, 6.45) is 2.69. The summed E-state index contributed by atoms with van der Waals surface area (Å²) in [6, 6.07) is 7.76. The van der Waals surface area contributed by atoms with Gasteiger partial charge in [0, 0.05) is 26.5 Å². The highest BCUT2D eigenvalue weighted by atomic mass is 16.5. The molecule has 0 aromatic carbocycles. The number of imidazole rings is 1. The molecule has 3 heterocycles. The minimum absolute atomic E-state index is 0.711. The fourth-order valence-electron chi connectivity index (χ4n) is 2.28. The van der Waals surface area contributed by atoms with Gasteiger partial charge in [-0.25, -0.2) is 9.97 Å². The van der Waals surface area contributed by atoms with Crippen LogP contribution >= 0.6 is 0 Å². The van der Waals surface area contributed by atoms with Crippen LogP contribution in [0.5, 0.6) is 0 Å². The monoisotopic (exact) mass is 271 g/mol. The van der Waals surface area contributed by atoms with Gasteiger partial charge in [0.2, 0.25) is 0 Å². The van der Waals surface area contributed by atoms with Gasteiger partial charge in [-0.1, -0.05) is 0 Å². The van der Waals surface area contributed by atoms with E-state index in [4.69, 9.17) is 9.15 Å². The Morgan fingerprint density at radius 3 is 2.95 bits per heavy atom. The molecule has 3 aromatic heterocycles. The van der Waals surface area contributed by atoms with Crippen LogP contribution in [0.1, 0.15) is 12.2 Å². The SMILES string of the molecule is COCCCn1c(-c2ccc(C)o2)nc2cccnc21. The molecule has 20 heavy (non-hydrogen) atoms. The average molecular weight is 271 g/mol. The quantitative estimate of drug-likeness (QED) is 0.669. The first-order chi connectivity index (χ1) is 9.79. The molecule has 0 atom stereocenters. The van der Waals surface area contributed by atoms with Crippen molar-refractivity contribution >= 4 is 11.2 Å². The van der Waals surface area contributed by atoms with Crippen molar-refractivity contribution in [1.82, 2.24) is 14.5 Å². The maximum atomic E-state index is 5.70. The maximum absolute atomic E-state index is 5.70. The number of fused-ring (bicyclic) bond motifs is 1. The van der Waals surface area contributed by atoms with Crippen LogP contribution in [0.15, 0.2) is 34.9 Å². The molecule has 0 aliphatic carbocycles. The van der Waals surface area contributed by atoms with Crippen molar-refractivity contribution in [3.05, 3.63) is 36.2 Å². The fourth-order valence-corrected chi connectivity index (χ4v) is 2.28. The molecule has 104 valence electrons. The molecule has 0 bridgehead atoms. The summed E-state index contributed by atoms with van der Waals surface area (Å²) in [7, 11) is 1.71. The zero-order valence-corrected chi connectivity index (χ0v) is 11.7. The third-order valence-corrected chi connectivity index (χ3v) is 3.19. The Kier molecular flexibility index (Phi) is 3.52. The number of hydrogen-bond acceptors (Lipinski definition) is 4. The van der Waals surface area contributed by atoms with E-state index in [-0.39, 0.29) is 0 Å². The van der Waals surface area contributed by atoms with E-state index in [0.717, 1.165) is 41.5 Å². The predicted octanol–water partition coefficient (Wildman–Crippen LogP) is 3.04. The van der Waals surface area contributed by atoms with E-state index in [1.807, 2.05) is 31.2 Å². The number of furan rings is 1. The van der Waals surface area contributed by atoms with Gasteiger partial charge in [-0.05, 0) is 37.6 Å². The van der Waals surface area contributed by atoms with Gasteiger partial charge in [-0.2, -0.15) is 0 Å². The fraction of sp³-hybridized carbons (Fsp3) is 0.333. The lowest BCUT2D eigenvalue weighted by molar-refractivity contribution is 0.190. The van der Waals surface area contributed by atoms with Crippen molar-refractivity contribution in [2.24, 2.45) is 0 Å². The van der Waals surface area contributed by atoms with Gasteiger partial charge in [0.1, 0.15) is 11.3 Å². The molecule has 3 aromatic rings. The highest BCUT2D eigenvalue weighted by Crippen LogP contribution is 2.25. The number of rotatable bonds is 5. The summed E-state index contributed by atoms with van der Waals surface area (Å²) in [6.45, 7) is 3.44. The summed E-state index contributed by atoms with van der Waals surface area (Å²) >= 11 is 0. The first-order valence-corrected chi connectivity index (χ1v) is 6.66. The Bertz CT molecular complexity index is 715. The number of methoxy groups -OCH3 is 1. The highest BCUT2D eigenvalue weighted by molar-refractivity contribution is 5.75. The maximum Gasteiger partial charge on any atom is 0.178 e. The summed E-state index contributed by atoms with van der Waals surface area (Å²) in [5, 5.41) is 0. The second-order valence-electron chi connectivity index (χ2n) is 4.69. The van der Waals surface area contributed by atoms with E-state index in [0.29, 0.717) is 6.61 Å². The van der Waals surface area contributed by atoms with Gasteiger partial charge >= 0.3 is 0 Å². The zero-order valence-electron chi connectivity index (χ0n) is 11.7. The molecule has 0 saturated carbocycles. The zero-order chi connectivity index (χ0) is 13.9. The van der Waals surface area contributed by atoms with Crippen LogP contribution in [0.25, 0.3) is 22.7 Å². The van der Waals surface area contributed by atoms with E-state index >= 15 is 0 Å². The largest absolute Gasteiger partial charge is 0.458 e. The highest BCUT2D eigenvalue weighted by Gasteiger charge is 2.15. The van der Waals surface area contributed by atoms with E-state index in [9.17, 15) is 0 Å². The van der Waals surface area contributed by atoms with Crippen molar-refractivity contribution in [1.29, 1.82) is 0 Å². The number of ether oxygens (including phenoxy) is 1. The molecule has 0 saturated heterocycles. The normalized spacial score (nSPS) is 11.3. The summed E-state index contributed by atoms with van der Waals surface area (Å²) < 4.78 is 12.9. The van der Waals surface area contributed by atoms with Crippen LogP contribution in [0, 0.1) is 6.92 Å². The molecule has 3 rings (SSSR count). The molecule has 0 aliphatic rings. The minimum atomic E-state index is 0.711. The van der Waals surface area contributed by atoms with Crippen LogP contribution in [0.3, 0.4) is 0 Å². The van der Waals surface area contributed by atoms with E-state index in [1.54, 1.807) is 13.3 Å². The van der Waals surface area contributed by atoms with E-state index in [1.165, 1.54) is 0 Å². The van der Waals surface area contributed by atoms with Crippen LogP contribution in [0.4, 0.5) is 0 Å². The van der Waals surface area contributed by atoms with Gasteiger partial charge < -0.3 is 13.7 Å². The van der Waals surface area contributed by atoms with Crippen LogP contribution in [-0.4, -0.2) is 28.3 Å². The average Bonchev–Trinajstić information content (AvgIpc) is 3.03. The first kappa shape index (κ1) is 12.9. The van der Waals surface area contributed by atoms with E-state index < -0.39 is 0 Å². The summed E-state index contributed by atoms with van der Waals surface area (Å²) in [5.74, 6) is 2.48. The third-order valence-electron chi connectivity index (χ3n) is 3.19. The Hall–Kier alpha value is -2.14. The summed E-state index contributed by atoms with van der Waals surface area (Å²) in [4.78, 5) is 9.07. The molecular weight excluding hydrogens is 254 g/mol. The molecule has 5 nitrogen and oxygen atoms in total. The Balaban J connectivity index is 2.07. The summed E-state index contributed by atoms with van der Waals surface area (Å²) in [5.41, 5.74) is 1.77. The predicted molar refractivity (Wildman–Crippen MR) is 76.5 cm³/mol. The van der Waals surface area contributed by atoms with Gasteiger partial charge in [0.15, 0.2) is 17.2 Å². The first-order valence-electron chi connectivity index (χ1n) is 6.66. The second-order valence-corrected chi connectivity index (χ2v) is 4.69. The molecule has 5 heteroatoms. The standard InChI is InChI=1S/C15H17N3O2/c1-11-6-7-13(20-11)15-17-12-5-3-8-16-14(12)18(15)9-4-10-19-2/h3,5-8H,4,9-10H2,1-2H3. The molecule has 0 fully saturated rings. The van der Waals surface area contributed by atoms with Gasteiger partial charge in [-0.3, -0.25) is 0 Å². The molecule has 0 aliphatic heterocycles. The van der Waals surface area contributed by atoms with Gasteiger partial charge in [0.25, 0.3) is 0 Å². The number of nitrogens with zero attached hydrogens (tertiary/aromatic N) is 3. The topological polar surface area (TPSA) is 53.1 Å². The van der Waals surface area contributed by atoms with Crippen molar-refractivity contribution in [3.8, 4) is 11.6 Å². The van der Waals surface area contributed by atoms with Crippen molar-refractivity contribution < 1.29 is 9.15 Å². The Morgan fingerprint density at radius 1 is 1.30 bits per heavy atom. The molecule has 0 amide bonds. The van der Waals surface area contributed by atoms with Crippen molar-refractivity contribution in [2.45, 2.75) is 19.9 Å². The Labute approximate surface area is 117 Å². The lowest BCUT2D eigenvalue weighted by atomic mass is 10.4.